The maximum Gasteiger partial charge on any atom is 0.143 e. The van der Waals surface area contributed by atoms with Crippen LogP contribution in [0.25, 0.3) is 66.4 Å². The zero-order valence-corrected chi connectivity index (χ0v) is 29.8. The summed E-state index contributed by atoms with van der Waals surface area (Å²) >= 11 is 0. The average Bonchev–Trinajstić information content (AvgIpc) is 3.71. The molecule has 0 radical (unpaired) electrons. The van der Waals surface area contributed by atoms with Crippen molar-refractivity contribution in [2.24, 2.45) is 0 Å². The minimum atomic E-state index is -0.0962. The molecule has 1 aliphatic carbocycles. The van der Waals surface area contributed by atoms with E-state index in [1.807, 2.05) is 12.1 Å². The lowest BCUT2D eigenvalue weighted by molar-refractivity contribution is 0.660. The fourth-order valence-corrected chi connectivity index (χ4v) is 8.43. The summed E-state index contributed by atoms with van der Waals surface area (Å²) in [5, 5.41) is 2.28. The highest BCUT2D eigenvalue weighted by atomic mass is 16.3. The topological polar surface area (TPSA) is 16.4 Å². The van der Waals surface area contributed by atoms with Crippen LogP contribution in [0.1, 0.15) is 25.0 Å². The standard InChI is InChI=1S/C51H37NO/c1-51(2)47-21-10-8-17-42(47)43-32-31-39(33-48(43)51)52(37-27-23-35(24-28-37)34-13-4-3-5-14-34)38-29-25-36(26-30-38)40-15-6-7-16-41(40)45-19-12-20-46-44-18-9-11-22-49(44)53-50(45)46/h3-33H,1-2H3. The summed E-state index contributed by atoms with van der Waals surface area (Å²) in [5.74, 6) is 0. The van der Waals surface area contributed by atoms with Gasteiger partial charge in [0.2, 0.25) is 0 Å². The predicted molar refractivity (Wildman–Crippen MR) is 222 cm³/mol. The molecular weight excluding hydrogens is 643 g/mol. The maximum atomic E-state index is 6.47. The fraction of sp³-hybridized carbons (Fsp3) is 0.0588. The lowest BCUT2D eigenvalue weighted by atomic mass is 9.82. The lowest BCUT2D eigenvalue weighted by Gasteiger charge is -2.28. The Labute approximate surface area is 310 Å². The van der Waals surface area contributed by atoms with Crippen LogP contribution in [0.5, 0.6) is 0 Å². The molecule has 2 nitrogen and oxygen atoms in total. The lowest BCUT2D eigenvalue weighted by Crippen LogP contribution is -2.16. The second kappa shape index (κ2) is 12.3. The number of hydrogen-bond acceptors (Lipinski definition) is 2. The van der Waals surface area contributed by atoms with E-state index in [0.717, 1.165) is 55.7 Å². The molecule has 53 heavy (non-hydrogen) atoms. The number of para-hydroxylation sites is 2. The molecule has 1 aromatic heterocycles. The predicted octanol–water partition coefficient (Wildman–Crippen LogP) is 14.4. The molecule has 0 unspecified atom stereocenters. The van der Waals surface area contributed by atoms with Gasteiger partial charge in [-0.15, -0.1) is 0 Å². The number of benzene rings is 8. The van der Waals surface area contributed by atoms with Crippen molar-refractivity contribution in [2.75, 3.05) is 4.90 Å². The van der Waals surface area contributed by atoms with Crippen LogP contribution in [0.4, 0.5) is 17.1 Å². The summed E-state index contributed by atoms with van der Waals surface area (Å²) in [7, 11) is 0. The van der Waals surface area contributed by atoms with Gasteiger partial charge in [0.15, 0.2) is 0 Å². The van der Waals surface area contributed by atoms with Crippen LogP contribution in [-0.4, -0.2) is 0 Å². The summed E-state index contributed by atoms with van der Waals surface area (Å²) in [4.78, 5) is 2.39. The number of anilines is 3. The summed E-state index contributed by atoms with van der Waals surface area (Å²) in [6.45, 7) is 4.69. The summed E-state index contributed by atoms with van der Waals surface area (Å²) < 4.78 is 6.47. The molecule has 0 fully saturated rings. The van der Waals surface area contributed by atoms with Crippen molar-refractivity contribution in [1.82, 2.24) is 0 Å². The third-order valence-corrected chi connectivity index (χ3v) is 11.1. The van der Waals surface area contributed by atoms with E-state index in [9.17, 15) is 0 Å². The van der Waals surface area contributed by atoms with Gasteiger partial charge in [0.05, 0.1) is 0 Å². The van der Waals surface area contributed by atoms with E-state index in [2.05, 4.69) is 195 Å². The van der Waals surface area contributed by atoms with Gasteiger partial charge in [0, 0.05) is 38.8 Å². The third-order valence-electron chi connectivity index (χ3n) is 11.1. The molecule has 0 amide bonds. The molecule has 10 rings (SSSR count). The van der Waals surface area contributed by atoms with Crippen molar-refractivity contribution in [3.8, 4) is 44.5 Å². The Bertz CT molecular complexity index is 2790. The van der Waals surface area contributed by atoms with Gasteiger partial charge in [0.1, 0.15) is 11.2 Å². The Kier molecular flexibility index (Phi) is 7.19. The van der Waals surface area contributed by atoms with Crippen molar-refractivity contribution >= 4 is 39.0 Å². The molecule has 0 N–H and O–H groups in total. The molecule has 9 aromatic rings. The molecule has 0 bridgehead atoms. The molecule has 0 saturated heterocycles. The van der Waals surface area contributed by atoms with E-state index in [1.54, 1.807) is 0 Å². The number of hydrogen-bond donors (Lipinski definition) is 0. The van der Waals surface area contributed by atoms with Crippen LogP contribution in [0.3, 0.4) is 0 Å². The van der Waals surface area contributed by atoms with Crippen molar-refractivity contribution in [2.45, 2.75) is 19.3 Å². The van der Waals surface area contributed by atoms with Crippen LogP contribution < -0.4 is 4.90 Å². The first-order valence-electron chi connectivity index (χ1n) is 18.3. The average molecular weight is 680 g/mol. The van der Waals surface area contributed by atoms with Crippen LogP contribution >= 0.6 is 0 Å². The Balaban J connectivity index is 1.08. The van der Waals surface area contributed by atoms with Gasteiger partial charge in [-0.05, 0) is 92.5 Å². The number of furan rings is 1. The minimum absolute atomic E-state index is 0.0962. The molecule has 1 heterocycles. The Morgan fingerprint density at radius 2 is 0.925 bits per heavy atom. The van der Waals surface area contributed by atoms with Crippen LogP contribution in [0, 0.1) is 0 Å². The zero-order valence-electron chi connectivity index (χ0n) is 29.8. The van der Waals surface area contributed by atoms with E-state index < -0.39 is 0 Å². The number of nitrogens with zero attached hydrogens (tertiary/aromatic N) is 1. The summed E-state index contributed by atoms with van der Waals surface area (Å²) in [6, 6.07) is 67.8. The number of fused-ring (bicyclic) bond motifs is 6. The second-order valence-electron chi connectivity index (χ2n) is 14.5. The smallest absolute Gasteiger partial charge is 0.143 e. The fourth-order valence-electron chi connectivity index (χ4n) is 8.43. The van der Waals surface area contributed by atoms with Gasteiger partial charge < -0.3 is 9.32 Å². The highest BCUT2D eigenvalue weighted by Crippen LogP contribution is 2.51. The summed E-state index contributed by atoms with van der Waals surface area (Å²) in [6.07, 6.45) is 0. The van der Waals surface area contributed by atoms with Crippen LogP contribution in [0.15, 0.2) is 192 Å². The molecule has 0 aliphatic heterocycles. The van der Waals surface area contributed by atoms with Gasteiger partial charge in [0.25, 0.3) is 0 Å². The number of rotatable bonds is 6. The zero-order chi connectivity index (χ0) is 35.5. The minimum Gasteiger partial charge on any atom is -0.455 e. The maximum absolute atomic E-state index is 6.47. The molecule has 0 saturated carbocycles. The van der Waals surface area contributed by atoms with E-state index in [1.165, 1.54) is 38.9 Å². The third kappa shape index (κ3) is 5.10. The van der Waals surface area contributed by atoms with Gasteiger partial charge in [-0.2, -0.15) is 0 Å². The molecule has 8 aromatic carbocycles. The molecule has 0 atom stereocenters. The van der Waals surface area contributed by atoms with Gasteiger partial charge >= 0.3 is 0 Å². The van der Waals surface area contributed by atoms with Gasteiger partial charge in [-0.1, -0.05) is 159 Å². The monoisotopic (exact) mass is 679 g/mol. The van der Waals surface area contributed by atoms with Crippen molar-refractivity contribution in [3.05, 3.63) is 199 Å². The summed E-state index contributed by atoms with van der Waals surface area (Å²) in [5.41, 5.74) is 17.5. The molecular formula is C51H37NO. The Hall–Kier alpha value is -6.64. The molecule has 0 spiro atoms. The second-order valence-corrected chi connectivity index (χ2v) is 14.5. The quantitative estimate of drug-likeness (QED) is 0.174. The van der Waals surface area contributed by atoms with E-state index in [4.69, 9.17) is 4.42 Å². The normalized spacial score (nSPS) is 12.9. The SMILES string of the molecule is CC1(C)c2ccccc2-c2ccc(N(c3ccc(-c4ccccc4)cc3)c3ccc(-c4ccccc4-c4cccc5c4oc4ccccc45)cc3)cc21. The molecule has 252 valence electrons. The first-order valence-corrected chi connectivity index (χ1v) is 18.3. The molecule has 2 heteroatoms. The molecule has 1 aliphatic rings. The Morgan fingerprint density at radius 1 is 0.377 bits per heavy atom. The van der Waals surface area contributed by atoms with Crippen LogP contribution in [0.2, 0.25) is 0 Å². The van der Waals surface area contributed by atoms with Crippen molar-refractivity contribution < 1.29 is 4.42 Å². The van der Waals surface area contributed by atoms with E-state index >= 15 is 0 Å². The highest BCUT2D eigenvalue weighted by molar-refractivity contribution is 6.10. The largest absolute Gasteiger partial charge is 0.455 e. The Morgan fingerprint density at radius 3 is 1.70 bits per heavy atom. The van der Waals surface area contributed by atoms with Gasteiger partial charge in [-0.25, -0.2) is 0 Å². The van der Waals surface area contributed by atoms with E-state index in [0.29, 0.717) is 0 Å². The van der Waals surface area contributed by atoms with E-state index in [-0.39, 0.29) is 5.41 Å². The van der Waals surface area contributed by atoms with Crippen LogP contribution in [-0.2, 0) is 5.41 Å². The van der Waals surface area contributed by atoms with Crippen molar-refractivity contribution in [3.63, 3.8) is 0 Å². The highest BCUT2D eigenvalue weighted by Gasteiger charge is 2.35. The first kappa shape index (κ1) is 31.1. The van der Waals surface area contributed by atoms with Gasteiger partial charge in [-0.3, -0.25) is 0 Å². The van der Waals surface area contributed by atoms with Crippen molar-refractivity contribution in [1.29, 1.82) is 0 Å². The first-order chi connectivity index (χ1) is 26.0.